The van der Waals surface area contributed by atoms with Gasteiger partial charge in [-0.15, -0.1) is 0 Å². The van der Waals surface area contributed by atoms with Gasteiger partial charge in [-0.3, -0.25) is 14.4 Å². The van der Waals surface area contributed by atoms with Gasteiger partial charge in [0.25, 0.3) is 0 Å². The van der Waals surface area contributed by atoms with Gasteiger partial charge in [0, 0.05) is 12.8 Å². The van der Waals surface area contributed by atoms with E-state index in [1.54, 1.807) is 0 Å². The molecular weight excluding hydrogens is 572 g/mol. The molecule has 4 N–H and O–H groups in total. The molecule has 0 fully saturated rings. The van der Waals surface area contributed by atoms with E-state index in [2.05, 4.69) is 54.9 Å². The standard InChI is InChI=1S/C36H62N2O7/c1-3-5-7-9-10-11-12-13-14-15-16-18-24-28-35(42)45-31(25-21-17-8-6-4-2)26-22-19-20-23-27-33(40)37-29-34(41)38-32(30-39)36(43)44/h7,9,11-12,21,25,31-32,39H,3-6,8,10,13-20,22-24,26-30H2,1-2H3,(H,37,40)(H,38,41)(H,43,44)/b9-7-,12-11-,25-21-. The van der Waals surface area contributed by atoms with Gasteiger partial charge < -0.3 is 25.6 Å². The van der Waals surface area contributed by atoms with E-state index in [1.165, 1.54) is 32.1 Å². The van der Waals surface area contributed by atoms with Crippen LogP contribution in [0.4, 0.5) is 0 Å². The predicted molar refractivity (Wildman–Crippen MR) is 181 cm³/mol. The number of nitrogens with one attached hydrogen (secondary N) is 2. The maximum absolute atomic E-state index is 12.5. The molecule has 0 saturated heterocycles. The lowest BCUT2D eigenvalue weighted by atomic mass is 10.1. The van der Waals surface area contributed by atoms with E-state index in [9.17, 15) is 19.2 Å². The van der Waals surface area contributed by atoms with Gasteiger partial charge in [0.2, 0.25) is 11.8 Å². The van der Waals surface area contributed by atoms with Gasteiger partial charge in [0.05, 0.1) is 13.2 Å². The smallest absolute Gasteiger partial charge is 0.328 e. The van der Waals surface area contributed by atoms with E-state index in [4.69, 9.17) is 14.9 Å². The lowest BCUT2D eigenvalue weighted by Gasteiger charge is -2.15. The second-order valence-corrected chi connectivity index (χ2v) is 11.6. The number of aliphatic hydroxyl groups is 1. The minimum absolute atomic E-state index is 0.133. The molecule has 0 bridgehead atoms. The fourth-order valence-corrected chi connectivity index (χ4v) is 4.60. The first-order chi connectivity index (χ1) is 21.8. The van der Waals surface area contributed by atoms with Crippen molar-refractivity contribution in [1.29, 1.82) is 0 Å². The Bertz CT molecular complexity index is 869. The van der Waals surface area contributed by atoms with Crippen LogP contribution in [-0.2, 0) is 23.9 Å². The normalized spacial score (nSPS) is 13.0. The molecule has 258 valence electrons. The second-order valence-electron chi connectivity index (χ2n) is 11.6. The summed E-state index contributed by atoms with van der Waals surface area (Å²) in [5.74, 6) is -2.43. The summed E-state index contributed by atoms with van der Waals surface area (Å²) >= 11 is 0. The second kappa shape index (κ2) is 31.1. The molecular formula is C36H62N2O7. The topological polar surface area (TPSA) is 142 Å². The van der Waals surface area contributed by atoms with Crippen LogP contribution >= 0.6 is 0 Å². The Labute approximate surface area is 272 Å². The Balaban J connectivity index is 4.21. The molecule has 0 aromatic rings. The zero-order valence-electron chi connectivity index (χ0n) is 28.1. The zero-order chi connectivity index (χ0) is 33.4. The number of esters is 1. The number of carboxylic acid groups (broad SMARTS) is 1. The summed E-state index contributed by atoms with van der Waals surface area (Å²) in [5.41, 5.74) is 0. The predicted octanol–water partition coefficient (Wildman–Crippen LogP) is 7.09. The van der Waals surface area contributed by atoms with Crippen molar-refractivity contribution in [2.45, 2.75) is 154 Å². The van der Waals surface area contributed by atoms with Crippen LogP contribution in [0.25, 0.3) is 0 Å². The maximum Gasteiger partial charge on any atom is 0.328 e. The number of carbonyl (C=O) groups excluding carboxylic acids is 3. The van der Waals surface area contributed by atoms with Crippen molar-refractivity contribution in [1.82, 2.24) is 10.6 Å². The molecule has 9 nitrogen and oxygen atoms in total. The van der Waals surface area contributed by atoms with E-state index in [-0.39, 0.29) is 30.9 Å². The fraction of sp³-hybridized carbons (Fsp3) is 0.722. The molecule has 0 rings (SSSR count). The Morgan fingerprint density at radius 2 is 1.31 bits per heavy atom. The maximum atomic E-state index is 12.5. The van der Waals surface area contributed by atoms with Gasteiger partial charge in [-0.1, -0.05) is 95.6 Å². The van der Waals surface area contributed by atoms with Crippen molar-refractivity contribution < 1.29 is 34.1 Å². The van der Waals surface area contributed by atoms with Crippen LogP contribution in [0.2, 0.25) is 0 Å². The van der Waals surface area contributed by atoms with Gasteiger partial charge in [0.1, 0.15) is 12.1 Å². The van der Waals surface area contributed by atoms with Gasteiger partial charge >= 0.3 is 11.9 Å². The van der Waals surface area contributed by atoms with Crippen LogP contribution in [0.1, 0.15) is 142 Å². The quantitative estimate of drug-likeness (QED) is 0.0375. The molecule has 0 heterocycles. The number of allylic oxidation sites excluding steroid dienone is 5. The molecule has 2 atom stereocenters. The number of ether oxygens (including phenoxy) is 1. The van der Waals surface area contributed by atoms with Crippen molar-refractivity contribution in [2.24, 2.45) is 0 Å². The zero-order valence-corrected chi connectivity index (χ0v) is 28.1. The Kier molecular flexibility index (Phi) is 29.0. The average Bonchev–Trinajstić information content (AvgIpc) is 3.02. The third kappa shape index (κ3) is 28.3. The molecule has 9 heteroatoms. The van der Waals surface area contributed by atoms with Crippen LogP contribution in [0.15, 0.2) is 36.5 Å². The highest BCUT2D eigenvalue weighted by molar-refractivity contribution is 5.87. The summed E-state index contributed by atoms with van der Waals surface area (Å²) < 4.78 is 5.82. The summed E-state index contributed by atoms with van der Waals surface area (Å²) in [6.45, 7) is 3.30. The number of carbonyl (C=O) groups is 4. The van der Waals surface area contributed by atoms with Crippen LogP contribution in [0.5, 0.6) is 0 Å². The monoisotopic (exact) mass is 634 g/mol. The first-order valence-corrected chi connectivity index (χ1v) is 17.4. The van der Waals surface area contributed by atoms with Crippen LogP contribution in [0.3, 0.4) is 0 Å². The number of rotatable bonds is 30. The summed E-state index contributed by atoms with van der Waals surface area (Å²) in [4.78, 5) is 47.1. The average molecular weight is 635 g/mol. The van der Waals surface area contributed by atoms with E-state index in [1.807, 2.05) is 6.08 Å². The summed E-state index contributed by atoms with van der Waals surface area (Å²) in [6.07, 6.45) is 32.0. The first-order valence-electron chi connectivity index (χ1n) is 17.4. The molecule has 0 aromatic carbocycles. The SMILES string of the molecule is CCC/C=C\C/C=C\CCCCCCCC(=O)OC(/C=C\CCCCC)CCCCCCC(=O)NCC(=O)NC(CO)C(=O)O. The molecule has 0 saturated carbocycles. The number of aliphatic hydroxyl groups excluding tert-OH is 1. The molecule has 0 aliphatic rings. The highest BCUT2D eigenvalue weighted by Gasteiger charge is 2.18. The summed E-state index contributed by atoms with van der Waals surface area (Å²) in [6, 6.07) is -1.39. The van der Waals surface area contributed by atoms with Crippen molar-refractivity contribution in [3.05, 3.63) is 36.5 Å². The van der Waals surface area contributed by atoms with E-state index in [0.717, 1.165) is 77.0 Å². The molecule has 0 aliphatic carbocycles. The number of amides is 2. The van der Waals surface area contributed by atoms with Gasteiger partial charge in [0.15, 0.2) is 0 Å². The van der Waals surface area contributed by atoms with Gasteiger partial charge in [-0.2, -0.15) is 0 Å². The third-order valence-corrected chi connectivity index (χ3v) is 7.32. The third-order valence-electron chi connectivity index (χ3n) is 7.32. The van der Waals surface area contributed by atoms with Crippen molar-refractivity contribution in [2.75, 3.05) is 13.2 Å². The minimum Gasteiger partial charge on any atom is -0.480 e. The van der Waals surface area contributed by atoms with Gasteiger partial charge in [-0.05, 0) is 70.3 Å². The van der Waals surface area contributed by atoms with Crippen LogP contribution in [0, 0.1) is 0 Å². The molecule has 0 aromatic heterocycles. The highest BCUT2D eigenvalue weighted by Crippen LogP contribution is 2.14. The lowest BCUT2D eigenvalue weighted by Crippen LogP contribution is -2.47. The first kappa shape index (κ1) is 42.1. The molecule has 0 aliphatic heterocycles. The number of aliphatic carboxylic acids is 1. The van der Waals surface area contributed by atoms with E-state index in [0.29, 0.717) is 12.8 Å². The number of unbranched alkanes of at least 4 members (excludes halogenated alkanes) is 12. The van der Waals surface area contributed by atoms with Crippen molar-refractivity contribution in [3.8, 4) is 0 Å². The minimum atomic E-state index is -1.39. The van der Waals surface area contributed by atoms with Crippen LogP contribution < -0.4 is 10.6 Å². The number of hydrogen-bond donors (Lipinski definition) is 4. The molecule has 2 amide bonds. The van der Waals surface area contributed by atoms with Gasteiger partial charge in [-0.25, -0.2) is 4.79 Å². The highest BCUT2D eigenvalue weighted by atomic mass is 16.5. The number of carboxylic acids is 1. The van der Waals surface area contributed by atoms with E-state index >= 15 is 0 Å². The number of hydrogen-bond acceptors (Lipinski definition) is 6. The largest absolute Gasteiger partial charge is 0.480 e. The van der Waals surface area contributed by atoms with Crippen LogP contribution in [-0.4, -0.2) is 59.3 Å². The molecule has 0 radical (unpaired) electrons. The van der Waals surface area contributed by atoms with E-state index < -0.39 is 24.5 Å². The van der Waals surface area contributed by atoms with Crippen molar-refractivity contribution in [3.63, 3.8) is 0 Å². The van der Waals surface area contributed by atoms with Crippen molar-refractivity contribution >= 4 is 23.8 Å². The summed E-state index contributed by atoms with van der Waals surface area (Å²) in [5, 5.41) is 22.4. The molecule has 45 heavy (non-hydrogen) atoms. The summed E-state index contributed by atoms with van der Waals surface area (Å²) in [7, 11) is 0. The Morgan fingerprint density at radius 3 is 2.00 bits per heavy atom. The fourth-order valence-electron chi connectivity index (χ4n) is 4.60. The molecule has 2 unspecified atom stereocenters. The Hall–Kier alpha value is -2.94. The molecule has 0 spiro atoms. The Morgan fingerprint density at radius 1 is 0.689 bits per heavy atom. The lowest BCUT2D eigenvalue weighted by molar-refractivity contribution is -0.147.